The number of aromatic nitrogens is 2. The van der Waals surface area contributed by atoms with E-state index in [0.29, 0.717) is 61.6 Å². The van der Waals surface area contributed by atoms with Crippen molar-refractivity contribution in [1.29, 1.82) is 0 Å². The lowest BCUT2D eigenvalue weighted by atomic mass is 10.1. The van der Waals surface area contributed by atoms with Crippen molar-refractivity contribution in [2.45, 2.75) is 33.3 Å². The summed E-state index contributed by atoms with van der Waals surface area (Å²) >= 11 is 0. The van der Waals surface area contributed by atoms with E-state index < -0.39 is 0 Å². The molecule has 9 nitrogen and oxygen atoms in total. The van der Waals surface area contributed by atoms with Gasteiger partial charge in [-0.1, -0.05) is 0 Å². The van der Waals surface area contributed by atoms with E-state index in [9.17, 15) is 4.79 Å². The maximum absolute atomic E-state index is 13.2. The van der Waals surface area contributed by atoms with Gasteiger partial charge in [0.05, 0.1) is 26.4 Å². The van der Waals surface area contributed by atoms with Crippen molar-refractivity contribution in [3.8, 4) is 23.1 Å². The number of likely N-dealkylation sites (tertiary alicyclic amines) is 1. The lowest BCUT2D eigenvalue weighted by Gasteiger charge is -2.20. The number of hydrogen-bond donors (Lipinski definition) is 0. The molecule has 9 heteroatoms. The Bertz CT molecular complexity index is 877. The molecule has 1 amide bonds. The molecule has 0 spiro atoms. The number of anilines is 1. The predicted octanol–water partition coefficient (Wildman–Crippen LogP) is 3.03. The average Bonchev–Trinajstić information content (AvgIpc) is 3.24. The number of benzene rings is 1. The highest BCUT2D eigenvalue weighted by Crippen LogP contribution is 2.39. The van der Waals surface area contributed by atoms with Crippen LogP contribution in [0.25, 0.3) is 0 Å². The topological polar surface area (TPSA) is 86.2 Å². The van der Waals surface area contributed by atoms with Crippen molar-refractivity contribution in [3.05, 3.63) is 29.8 Å². The van der Waals surface area contributed by atoms with Crippen LogP contribution in [0.2, 0.25) is 0 Å². The highest BCUT2D eigenvalue weighted by atomic mass is 16.5. The van der Waals surface area contributed by atoms with Gasteiger partial charge in [0.1, 0.15) is 6.10 Å². The third-order valence-corrected chi connectivity index (χ3v) is 4.96. The Hall–Kier alpha value is -3.23. The van der Waals surface area contributed by atoms with Gasteiger partial charge in [0.15, 0.2) is 17.3 Å². The number of ether oxygens (including phenoxy) is 4. The molecule has 1 aromatic carbocycles. The maximum Gasteiger partial charge on any atom is 0.254 e. The standard InChI is InChI=1S/C23H32N4O5/c1-6-29-18-13-16(14-19(30-7-2)22(18)31-8-3)23(28)27-12-11-17(15-27)32-21-10-9-20(24-25-21)26(4)5/h9-10,13-14,17H,6-8,11-12,15H2,1-5H3. The number of carbonyl (C=O) groups excluding carboxylic acids is 1. The van der Waals surface area contributed by atoms with Crippen molar-refractivity contribution >= 4 is 11.7 Å². The van der Waals surface area contributed by atoms with Crippen LogP contribution in [-0.2, 0) is 0 Å². The number of hydrogen-bond acceptors (Lipinski definition) is 8. The van der Waals surface area contributed by atoms with Gasteiger partial charge in [-0.05, 0) is 39.0 Å². The molecular formula is C23H32N4O5. The Balaban J connectivity index is 1.72. The summed E-state index contributed by atoms with van der Waals surface area (Å²) in [7, 11) is 3.81. The quantitative estimate of drug-likeness (QED) is 0.553. The fourth-order valence-electron chi connectivity index (χ4n) is 3.49. The first kappa shape index (κ1) is 23.4. The molecule has 1 aliphatic rings. The number of nitrogens with zero attached hydrogens (tertiary/aromatic N) is 4. The molecule has 1 fully saturated rings. The lowest BCUT2D eigenvalue weighted by Crippen LogP contribution is -2.31. The van der Waals surface area contributed by atoms with Gasteiger partial charge < -0.3 is 28.7 Å². The fourth-order valence-corrected chi connectivity index (χ4v) is 3.49. The summed E-state index contributed by atoms with van der Waals surface area (Å²) in [6.07, 6.45) is 0.579. The van der Waals surface area contributed by atoms with Crippen LogP contribution >= 0.6 is 0 Å². The van der Waals surface area contributed by atoms with Gasteiger partial charge in [-0.2, -0.15) is 0 Å². The van der Waals surface area contributed by atoms with Gasteiger partial charge in [-0.3, -0.25) is 4.79 Å². The molecule has 32 heavy (non-hydrogen) atoms. The Morgan fingerprint density at radius 1 is 1.03 bits per heavy atom. The molecule has 1 atom stereocenters. The van der Waals surface area contributed by atoms with Gasteiger partial charge in [0.2, 0.25) is 11.6 Å². The van der Waals surface area contributed by atoms with Gasteiger partial charge in [0.25, 0.3) is 5.91 Å². The Morgan fingerprint density at radius 2 is 1.69 bits per heavy atom. The Morgan fingerprint density at radius 3 is 2.22 bits per heavy atom. The highest BCUT2D eigenvalue weighted by molar-refractivity contribution is 5.96. The number of rotatable bonds is 10. The highest BCUT2D eigenvalue weighted by Gasteiger charge is 2.30. The minimum atomic E-state index is -0.140. The summed E-state index contributed by atoms with van der Waals surface area (Å²) in [4.78, 5) is 16.9. The van der Waals surface area contributed by atoms with Crippen LogP contribution in [0.3, 0.4) is 0 Å². The molecule has 2 aromatic rings. The number of carbonyl (C=O) groups is 1. The van der Waals surface area contributed by atoms with Crippen LogP contribution < -0.4 is 23.8 Å². The van der Waals surface area contributed by atoms with Crippen LogP contribution in [0.5, 0.6) is 23.1 Å². The summed E-state index contributed by atoms with van der Waals surface area (Å²) in [6.45, 7) is 8.12. The molecule has 1 aliphatic heterocycles. The summed E-state index contributed by atoms with van der Waals surface area (Å²) in [5.41, 5.74) is 0.496. The van der Waals surface area contributed by atoms with E-state index in [2.05, 4.69) is 10.2 Å². The first-order chi connectivity index (χ1) is 15.5. The molecule has 0 saturated carbocycles. The van der Waals surface area contributed by atoms with E-state index in [1.807, 2.05) is 45.8 Å². The largest absolute Gasteiger partial charge is 0.490 e. The van der Waals surface area contributed by atoms with E-state index in [1.54, 1.807) is 23.1 Å². The molecule has 174 valence electrons. The third kappa shape index (κ3) is 5.52. The van der Waals surface area contributed by atoms with Crippen LogP contribution in [-0.4, -0.2) is 74.1 Å². The SMILES string of the molecule is CCOc1cc(C(=O)N2CCC(Oc3ccc(N(C)C)nn3)C2)cc(OCC)c1OCC. The molecule has 1 unspecified atom stereocenters. The fraction of sp³-hybridized carbons (Fsp3) is 0.522. The molecule has 1 saturated heterocycles. The second-order valence-electron chi connectivity index (χ2n) is 7.50. The zero-order valence-electron chi connectivity index (χ0n) is 19.5. The predicted molar refractivity (Wildman–Crippen MR) is 121 cm³/mol. The van der Waals surface area contributed by atoms with Crippen molar-refractivity contribution in [1.82, 2.24) is 15.1 Å². The molecule has 3 rings (SSSR count). The van der Waals surface area contributed by atoms with Crippen molar-refractivity contribution in [2.24, 2.45) is 0 Å². The molecule has 0 N–H and O–H groups in total. The molecule has 1 aromatic heterocycles. The monoisotopic (exact) mass is 444 g/mol. The first-order valence-corrected chi connectivity index (χ1v) is 11.0. The lowest BCUT2D eigenvalue weighted by molar-refractivity contribution is 0.0769. The van der Waals surface area contributed by atoms with Gasteiger partial charge in [-0.15, -0.1) is 10.2 Å². The molecule has 2 heterocycles. The van der Waals surface area contributed by atoms with Crippen LogP contribution in [0.4, 0.5) is 5.82 Å². The summed E-state index contributed by atoms with van der Waals surface area (Å²) in [5, 5.41) is 8.25. The normalized spacial score (nSPS) is 15.4. The van der Waals surface area contributed by atoms with Crippen molar-refractivity contribution in [3.63, 3.8) is 0 Å². The minimum absolute atomic E-state index is 0.102. The summed E-state index contributed by atoms with van der Waals surface area (Å²) in [6, 6.07) is 7.09. The minimum Gasteiger partial charge on any atom is -0.490 e. The van der Waals surface area contributed by atoms with Crippen molar-refractivity contribution < 1.29 is 23.7 Å². The molecular weight excluding hydrogens is 412 g/mol. The zero-order valence-corrected chi connectivity index (χ0v) is 19.5. The van der Waals surface area contributed by atoms with E-state index >= 15 is 0 Å². The Labute approximate surface area is 189 Å². The van der Waals surface area contributed by atoms with Crippen LogP contribution in [0.1, 0.15) is 37.6 Å². The third-order valence-electron chi connectivity index (χ3n) is 4.96. The average molecular weight is 445 g/mol. The molecule has 0 bridgehead atoms. The second kappa shape index (κ2) is 10.9. The van der Waals surface area contributed by atoms with E-state index in [1.165, 1.54) is 0 Å². The smallest absolute Gasteiger partial charge is 0.254 e. The first-order valence-electron chi connectivity index (χ1n) is 11.0. The summed E-state index contributed by atoms with van der Waals surface area (Å²) in [5.74, 6) is 2.64. The Kier molecular flexibility index (Phi) is 7.97. The van der Waals surface area contributed by atoms with Gasteiger partial charge in [-0.25, -0.2) is 0 Å². The molecule has 0 radical (unpaired) electrons. The molecule has 0 aliphatic carbocycles. The van der Waals surface area contributed by atoms with Crippen molar-refractivity contribution in [2.75, 3.05) is 51.9 Å². The van der Waals surface area contributed by atoms with Crippen LogP contribution in [0.15, 0.2) is 24.3 Å². The van der Waals surface area contributed by atoms with E-state index in [0.717, 1.165) is 12.2 Å². The maximum atomic E-state index is 13.2. The van der Waals surface area contributed by atoms with Crippen LogP contribution in [0, 0.1) is 0 Å². The van der Waals surface area contributed by atoms with E-state index in [4.69, 9.17) is 18.9 Å². The van der Waals surface area contributed by atoms with Gasteiger partial charge >= 0.3 is 0 Å². The summed E-state index contributed by atoms with van der Waals surface area (Å²) < 4.78 is 23.2. The zero-order chi connectivity index (χ0) is 23.1. The second-order valence-corrected chi connectivity index (χ2v) is 7.50. The van der Waals surface area contributed by atoms with Gasteiger partial charge in [0, 0.05) is 38.7 Å². The van der Waals surface area contributed by atoms with E-state index in [-0.39, 0.29) is 12.0 Å². The number of amides is 1.